The van der Waals surface area contributed by atoms with Gasteiger partial charge in [-0.2, -0.15) is 0 Å². The molecule has 0 saturated carbocycles. The van der Waals surface area contributed by atoms with Gasteiger partial charge in [0, 0.05) is 24.8 Å². The van der Waals surface area contributed by atoms with E-state index in [2.05, 4.69) is 5.43 Å². The number of hydrogen-bond acceptors (Lipinski definition) is 3. The van der Waals surface area contributed by atoms with Crippen molar-refractivity contribution in [2.24, 2.45) is 11.8 Å². The minimum absolute atomic E-state index is 0.295. The van der Waals surface area contributed by atoms with Gasteiger partial charge in [0.1, 0.15) is 0 Å². The van der Waals surface area contributed by atoms with E-state index in [-0.39, 0.29) is 6.04 Å². The maximum atomic E-state index is 13.7. The van der Waals surface area contributed by atoms with Crippen molar-refractivity contribution in [2.75, 3.05) is 13.2 Å². The van der Waals surface area contributed by atoms with E-state index in [0.29, 0.717) is 17.9 Å². The molecule has 0 radical (unpaired) electrons. The molecular formula is C13H18F2N2O. The van der Waals surface area contributed by atoms with Gasteiger partial charge in [-0.25, -0.2) is 8.78 Å². The number of benzene rings is 1. The van der Waals surface area contributed by atoms with Gasteiger partial charge in [-0.05, 0) is 31.2 Å². The predicted molar refractivity (Wildman–Crippen MR) is 64.6 cm³/mol. The zero-order chi connectivity index (χ0) is 13.0. The van der Waals surface area contributed by atoms with Crippen molar-refractivity contribution in [1.29, 1.82) is 0 Å². The summed E-state index contributed by atoms with van der Waals surface area (Å²) in [4.78, 5) is 0. The highest BCUT2D eigenvalue weighted by Gasteiger charge is 2.22. The van der Waals surface area contributed by atoms with E-state index < -0.39 is 11.6 Å². The molecule has 0 amide bonds. The molecule has 1 aliphatic rings. The van der Waals surface area contributed by atoms with Crippen LogP contribution in [0, 0.1) is 17.6 Å². The Labute approximate surface area is 105 Å². The minimum Gasteiger partial charge on any atom is -0.381 e. The highest BCUT2D eigenvalue weighted by molar-refractivity contribution is 5.22. The van der Waals surface area contributed by atoms with E-state index in [1.165, 1.54) is 6.07 Å². The lowest BCUT2D eigenvalue weighted by Gasteiger charge is -2.26. The number of nitrogens with two attached hydrogens (primary N) is 1. The molecule has 1 unspecified atom stereocenters. The first-order valence-corrected chi connectivity index (χ1v) is 6.20. The fourth-order valence-corrected chi connectivity index (χ4v) is 2.39. The molecule has 0 bridgehead atoms. The Kier molecular flexibility index (Phi) is 4.63. The van der Waals surface area contributed by atoms with Crippen LogP contribution in [-0.2, 0) is 4.74 Å². The second-order valence-electron chi connectivity index (χ2n) is 4.65. The van der Waals surface area contributed by atoms with Crippen molar-refractivity contribution < 1.29 is 13.5 Å². The van der Waals surface area contributed by atoms with Crippen molar-refractivity contribution in [2.45, 2.75) is 25.3 Å². The maximum absolute atomic E-state index is 13.7. The summed E-state index contributed by atoms with van der Waals surface area (Å²) >= 11 is 0. The van der Waals surface area contributed by atoms with Crippen LogP contribution in [0.5, 0.6) is 0 Å². The Balaban J connectivity index is 2.09. The summed E-state index contributed by atoms with van der Waals surface area (Å²) < 4.78 is 32.2. The first-order chi connectivity index (χ1) is 8.72. The molecule has 1 aliphatic heterocycles. The smallest absolute Gasteiger partial charge is 0.163 e. The fourth-order valence-electron chi connectivity index (χ4n) is 2.39. The van der Waals surface area contributed by atoms with Crippen LogP contribution in [0.3, 0.4) is 0 Å². The molecule has 3 nitrogen and oxygen atoms in total. The molecule has 2 rings (SSSR count). The summed E-state index contributed by atoms with van der Waals surface area (Å²) in [6.45, 7) is 1.46. The van der Waals surface area contributed by atoms with Crippen LogP contribution in [-0.4, -0.2) is 13.2 Å². The lowest BCUT2D eigenvalue weighted by Crippen LogP contribution is -2.31. The SMILES string of the molecule is NNC(CC1CCOCC1)c1cccc(F)c1F. The van der Waals surface area contributed by atoms with Gasteiger partial charge in [0.25, 0.3) is 0 Å². The second kappa shape index (κ2) is 6.22. The predicted octanol–water partition coefficient (Wildman–Crippen LogP) is 2.29. The molecule has 18 heavy (non-hydrogen) atoms. The van der Waals surface area contributed by atoms with Crippen LogP contribution in [0.4, 0.5) is 8.78 Å². The van der Waals surface area contributed by atoms with Crippen molar-refractivity contribution in [3.63, 3.8) is 0 Å². The third-order valence-corrected chi connectivity index (χ3v) is 3.47. The number of hydrazine groups is 1. The second-order valence-corrected chi connectivity index (χ2v) is 4.65. The molecule has 0 aliphatic carbocycles. The molecule has 1 saturated heterocycles. The van der Waals surface area contributed by atoms with E-state index >= 15 is 0 Å². The summed E-state index contributed by atoms with van der Waals surface area (Å²) in [6.07, 6.45) is 2.57. The molecule has 5 heteroatoms. The van der Waals surface area contributed by atoms with Gasteiger partial charge >= 0.3 is 0 Å². The van der Waals surface area contributed by atoms with E-state index in [1.807, 2.05) is 0 Å². The Morgan fingerprint density at radius 3 is 2.72 bits per heavy atom. The molecule has 3 N–H and O–H groups in total. The van der Waals surface area contributed by atoms with Crippen molar-refractivity contribution in [1.82, 2.24) is 5.43 Å². The average molecular weight is 256 g/mol. The molecule has 1 aromatic carbocycles. The monoisotopic (exact) mass is 256 g/mol. The Morgan fingerprint density at radius 1 is 1.33 bits per heavy atom. The Morgan fingerprint density at radius 2 is 2.06 bits per heavy atom. The number of halogens is 2. The van der Waals surface area contributed by atoms with E-state index in [1.54, 1.807) is 6.07 Å². The highest BCUT2D eigenvalue weighted by atomic mass is 19.2. The van der Waals surface area contributed by atoms with Gasteiger partial charge in [-0.1, -0.05) is 12.1 Å². The molecule has 0 spiro atoms. The summed E-state index contributed by atoms with van der Waals surface area (Å²) in [5, 5.41) is 0. The number of hydrogen-bond donors (Lipinski definition) is 2. The van der Waals surface area contributed by atoms with Gasteiger partial charge in [0.2, 0.25) is 0 Å². The van der Waals surface area contributed by atoms with Crippen LogP contribution in [0.2, 0.25) is 0 Å². The molecule has 1 fully saturated rings. The largest absolute Gasteiger partial charge is 0.381 e. The number of rotatable bonds is 4. The molecule has 100 valence electrons. The van der Waals surface area contributed by atoms with Gasteiger partial charge in [0.15, 0.2) is 11.6 Å². The van der Waals surface area contributed by atoms with Crippen LogP contribution in [0.15, 0.2) is 18.2 Å². The summed E-state index contributed by atoms with van der Waals surface area (Å²) in [5.41, 5.74) is 2.88. The first kappa shape index (κ1) is 13.4. The zero-order valence-corrected chi connectivity index (χ0v) is 10.2. The number of nitrogens with one attached hydrogen (secondary N) is 1. The van der Waals surface area contributed by atoms with Crippen molar-refractivity contribution >= 4 is 0 Å². The molecule has 1 atom stereocenters. The van der Waals surface area contributed by atoms with Gasteiger partial charge < -0.3 is 4.74 Å². The van der Waals surface area contributed by atoms with Crippen molar-refractivity contribution in [3.05, 3.63) is 35.4 Å². The molecule has 0 aromatic heterocycles. The third-order valence-electron chi connectivity index (χ3n) is 3.47. The fraction of sp³-hybridized carbons (Fsp3) is 0.538. The van der Waals surface area contributed by atoms with E-state index in [9.17, 15) is 8.78 Å². The Bertz CT molecular complexity index is 395. The lowest BCUT2D eigenvalue weighted by atomic mass is 9.89. The normalized spacial score (nSPS) is 18.8. The highest BCUT2D eigenvalue weighted by Crippen LogP contribution is 2.29. The standard InChI is InChI=1S/C13H18F2N2O/c14-11-3-1-2-10(13(11)15)12(17-16)8-9-4-6-18-7-5-9/h1-3,9,12,17H,4-8,16H2. The Hall–Kier alpha value is -1.04. The topological polar surface area (TPSA) is 47.3 Å². The molecule has 1 aromatic rings. The van der Waals surface area contributed by atoms with Gasteiger partial charge in [-0.15, -0.1) is 0 Å². The van der Waals surface area contributed by atoms with Crippen LogP contribution >= 0.6 is 0 Å². The summed E-state index contributed by atoms with van der Waals surface area (Å²) in [7, 11) is 0. The lowest BCUT2D eigenvalue weighted by molar-refractivity contribution is 0.0603. The quantitative estimate of drug-likeness (QED) is 0.642. The maximum Gasteiger partial charge on any atom is 0.163 e. The van der Waals surface area contributed by atoms with Gasteiger partial charge in [-0.3, -0.25) is 11.3 Å². The average Bonchev–Trinajstić information content (AvgIpc) is 2.41. The molecular weight excluding hydrogens is 238 g/mol. The molecule has 1 heterocycles. The summed E-state index contributed by atoms with van der Waals surface area (Å²) in [6, 6.07) is 3.83. The first-order valence-electron chi connectivity index (χ1n) is 6.20. The zero-order valence-electron chi connectivity index (χ0n) is 10.2. The third kappa shape index (κ3) is 3.04. The van der Waals surface area contributed by atoms with Gasteiger partial charge in [0.05, 0.1) is 0 Å². The van der Waals surface area contributed by atoms with Crippen LogP contribution in [0.1, 0.15) is 30.9 Å². The summed E-state index contributed by atoms with van der Waals surface area (Å²) in [5.74, 6) is 4.26. The van der Waals surface area contributed by atoms with Crippen LogP contribution < -0.4 is 11.3 Å². The van der Waals surface area contributed by atoms with E-state index in [4.69, 9.17) is 10.6 Å². The van der Waals surface area contributed by atoms with Crippen molar-refractivity contribution in [3.8, 4) is 0 Å². The number of ether oxygens (including phenoxy) is 1. The minimum atomic E-state index is -0.834. The van der Waals surface area contributed by atoms with Crippen LogP contribution in [0.25, 0.3) is 0 Å². The van der Waals surface area contributed by atoms with E-state index in [0.717, 1.165) is 32.1 Å².